The summed E-state index contributed by atoms with van der Waals surface area (Å²) in [4.78, 5) is 30.5. The third-order valence-corrected chi connectivity index (χ3v) is 6.94. The van der Waals surface area contributed by atoms with Crippen molar-refractivity contribution in [3.8, 4) is 17.2 Å². The summed E-state index contributed by atoms with van der Waals surface area (Å²) in [7, 11) is 0. The van der Waals surface area contributed by atoms with E-state index in [2.05, 4.69) is 27.0 Å². The number of hydrogen-bond acceptors (Lipinski definition) is 5. The van der Waals surface area contributed by atoms with E-state index in [1.54, 1.807) is 19.9 Å². The maximum atomic E-state index is 13.2. The summed E-state index contributed by atoms with van der Waals surface area (Å²) in [6.07, 6.45) is 1.56. The number of pyridine rings is 1. The standard InChI is InChI=1S/C25H21BrN4O3/c1-15-22(26)16(2)28-24(23(15)30(32)33)29(25(31)19-11-12-19)14-17-7-9-18(10-8-17)21-6-4-3-5-20(21)13-27/h3-10,19H,11-12,14H2,1-2H3. The zero-order valence-corrected chi connectivity index (χ0v) is 19.8. The Balaban J connectivity index is 1.73. The van der Waals surface area contributed by atoms with Gasteiger partial charge in [-0.2, -0.15) is 5.26 Å². The van der Waals surface area contributed by atoms with Crippen molar-refractivity contribution in [3.63, 3.8) is 0 Å². The largest absolute Gasteiger partial charge is 0.316 e. The summed E-state index contributed by atoms with van der Waals surface area (Å²) < 4.78 is 0.567. The quantitative estimate of drug-likeness (QED) is 0.309. The van der Waals surface area contributed by atoms with Crippen LogP contribution >= 0.6 is 15.9 Å². The third kappa shape index (κ3) is 4.50. The van der Waals surface area contributed by atoms with Gasteiger partial charge in [0, 0.05) is 16.0 Å². The Kier molecular flexibility index (Phi) is 6.25. The number of carbonyl (C=O) groups is 1. The molecule has 1 aliphatic rings. The minimum absolute atomic E-state index is 0.0778. The molecule has 166 valence electrons. The highest BCUT2D eigenvalue weighted by Crippen LogP contribution is 2.40. The summed E-state index contributed by atoms with van der Waals surface area (Å²) in [5.74, 6) is -0.197. The molecule has 1 aromatic heterocycles. The van der Waals surface area contributed by atoms with Gasteiger partial charge in [-0.15, -0.1) is 0 Å². The first-order valence-corrected chi connectivity index (χ1v) is 11.3. The highest BCUT2D eigenvalue weighted by molar-refractivity contribution is 9.10. The molecule has 0 atom stereocenters. The van der Waals surface area contributed by atoms with E-state index in [-0.39, 0.29) is 29.9 Å². The minimum atomic E-state index is -0.475. The van der Waals surface area contributed by atoms with Crippen molar-refractivity contribution in [2.75, 3.05) is 4.90 Å². The molecule has 2 aromatic carbocycles. The second-order valence-corrected chi connectivity index (χ2v) is 8.91. The number of benzene rings is 2. The summed E-state index contributed by atoms with van der Waals surface area (Å²) in [6.45, 7) is 3.58. The van der Waals surface area contributed by atoms with Crippen LogP contribution in [0.3, 0.4) is 0 Å². The monoisotopic (exact) mass is 504 g/mol. The Morgan fingerprint density at radius 2 is 1.88 bits per heavy atom. The molecule has 1 saturated carbocycles. The zero-order valence-electron chi connectivity index (χ0n) is 18.2. The Bertz CT molecular complexity index is 1290. The van der Waals surface area contributed by atoms with Crippen molar-refractivity contribution >= 4 is 33.3 Å². The number of rotatable bonds is 6. The lowest BCUT2D eigenvalue weighted by atomic mass is 9.99. The molecule has 4 rings (SSSR count). The van der Waals surface area contributed by atoms with Crippen LogP contribution in [0.5, 0.6) is 0 Å². The lowest BCUT2D eigenvalue weighted by Crippen LogP contribution is -2.33. The van der Waals surface area contributed by atoms with Crippen LogP contribution in [0.15, 0.2) is 53.0 Å². The number of hydrogen-bond donors (Lipinski definition) is 0. The second kappa shape index (κ2) is 9.12. The van der Waals surface area contributed by atoms with Crippen molar-refractivity contribution in [3.05, 3.63) is 85.5 Å². The van der Waals surface area contributed by atoms with E-state index in [9.17, 15) is 20.2 Å². The molecule has 0 spiro atoms. The van der Waals surface area contributed by atoms with E-state index in [4.69, 9.17) is 0 Å². The highest BCUT2D eigenvalue weighted by Gasteiger charge is 2.38. The average Bonchev–Trinajstić information content (AvgIpc) is 3.66. The number of nitrogens with zero attached hydrogens (tertiary/aromatic N) is 4. The molecule has 33 heavy (non-hydrogen) atoms. The van der Waals surface area contributed by atoms with Gasteiger partial charge < -0.3 is 0 Å². The Morgan fingerprint density at radius 3 is 2.48 bits per heavy atom. The van der Waals surface area contributed by atoms with E-state index < -0.39 is 4.92 Å². The minimum Gasteiger partial charge on any atom is -0.286 e. The number of amides is 1. The van der Waals surface area contributed by atoms with Crippen LogP contribution in [0.4, 0.5) is 11.5 Å². The summed E-state index contributed by atoms with van der Waals surface area (Å²) >= 11 is 3.38. The number of halogens is 1. The van der Waals surface area contributed by atoms with Crippen LogP contribution in [-0.4, -0.2) is 15.8 Å². The Morgan fingerprint density at radius 1 is 1.21 bits per heavy atom. The summed E-state index contributed by atoms with van der Waals surface area (Å²) in [6, 6.07) is 17.1. The van der Waals surface area contributed by atoms with Gasteiger partial charge in [-0.1, -0.05) is 42.5 Å². The lowest BCUT2D eigenvalue weighted by molar-refractivity contribution is -0.385. The zero-order chi connectivity index (χ0) is 23.7. The molecule has 0 saturated heterocycles. The van der Waals surface area contributed by atoms with Gasteiger partial charge >= 0.3 is 5.69 Å². The van der Waals surface area contributed by atoms with Gasteiger partial charge in [0.2, 0.25) is 11.7 Å². The number of nitro groups is 1. The van der Waals surface area contributed by atoms with Crippen LogP contribution < -0.4 is 4.90 Å². The fourth-order valence-electron chi connectivity index (χ4n) is 3.82. The second-order valence-electron chi connectivity index (χ2n) is 8.12. The smallest absolute Gasteiger partial charge is 0.286 e. The molecular formula is C25H21BrN4O3. The number of carbonyl (C=O) groups excluding carboxylic acids is 1. The number of aromatic nitrogens is 1. The lowest BCUT2D eigenvalue weighted by Gasteiger charge is -2.23. The SMILES string of the molecule is Cc1nc(N(Cc2ccc(-c3ccccc3C#N)cc2)C(=O)C2CC2)c([N+](=O)[O-])c(C)c1Br. The number of anilines is 1. The predicted molar refractivity (Wildman–Crippen MR) is 129 cm³/mol. The van der Waals surface area contributed by atoms with E-state index in [0.717, 1.165) is 29.5 Å². The number of nitriles is 1. The van der Waals surface area contributed by atoms with Crippen LogP contribution in [0, 0.1) is 41.2 Å². The van der Waals surface area contributed by atoms with Crippen LogP contribution in [0.25, 0.3) is 11.1 Å². The van der Waals surface area contributed by atoms with Crippen molar-refractivity contribution in [2.24, 2.45) is 5.92 Å². The normalized spacial score (nSPS) is 12.8. The topological polar surface area (TPSA) is 100 Å². The van der Waals surface area contributed by atoms with Crippen molar-refractivity contribution in [1.29, 1.82) is 5.26 Å². The van der Waals surface area contributed by atoms with Gasteiger partial charge in [0.1, 0.15) is 0 Å². The molecule has 0 unspecified atom stereocenters. The summed E-state index contributed by atoms with van der Waals surface area (Å²) in [5.41, 5.74) is 3.98. The molecular weight excluding hydrogens is 484 g/mol. The summed E-state index contributed by atoms with van der Waals surface area (Å²) in [5, 5.41) is 21.3. The van der Waals surface area contributed by atoms with E-state index in [1.807, 2.05) is 42.5 Å². The van der Waals surface area contributed by atoms with Gasteiger partial charge in [-0.25, -0.2) is 4.98 Å². The molecule has 0 radical (unpaired) electrons. The van der Waals surface area contributed by atoms with Crippen LogP contribution in [0.1, 0.15) is 35.2 Å². The van der Waals surface area contributed by atoms with E-state index >= 15 is 0 Å². The number of aryl methyl sites for hydroxylation is 1. The molecule has 0 bridgehead atoms. The predicted octanol–water partition coefficient (Wildman–Crippen LogP) is 5.85. The van der Waals surface area contributed by atoms with Gasteiger partial charge in [-0.3, -0.25) is 19.8 Å². The molecule has 1 heterocycles. The molecule has 1 fully saturated rings. The fraction of sp³-hybridized carbons (Fsp3) is 0.240. The van der Waals surface area contributed by atoms with E-state index in [1.165, 1.54) is 4.90 Å². The first kappa shape index (κ1) is 22.6. The van der Waals surface area contributed by atoms with Gasteiger partial charge in [0.05, 0.1) is 28.8 Å². The molecule has 3 aromatic rings. The molecule has 0 N–H and O–H groups in total. The van der Waals surface area contributed by atoms with Crippen molar-refractivity contribution in [1.82, 2.24) is 4.98 Å². The van der Waals surface area contributed by atoms with Crippen molar-refractivity contribution in [2.45, 2.75) is 33.2 Å². The highest BCUT2D eigenvalue weighted by atomic mass is 79.9. The van der Waals surface area contributed by atoms with Gasteiger partial charge in [-0.05, 0) is 65.4 Å². The molecule has 1 amide bonds. The molecule has 1 aliphatic carbocycles. The molecule has 8 heteroatoms. The fourth-order valence-corrected chi connectivity index (χ4v) is 4.10. The first-order valence-electron chi connectivity index (χ1n) is 10.5. The average molecular weight is 505 g/mol. The maximum Gasteiger partial charge on any atom is 0.316 e. The van der Waals surface area contributed by atoms with Crippen LogP contribution in [-0.2, 0) is 11.3 Å². The molecule has 0 aliphatic heterocycles. The van der Waals surface area contributed by atoms with Gasteiger partial charge in [0.25, 0.3) is 0 Å². The maximum absolute atomic E-state index is 13.2. The van der Waals surface area contributed by atoms with Crippen LogP contribution in [0.2, 0.25) is 0 Å². The van der Waals surface area contributed by atoms with Gasteiger partial charge in [0.15, 0.2) is 0 Å². The Labute approximate surface area is 200 Å². The van der Waals surface area contributed by atoms with E-state index in [0.29, 0.717) is 21.3 Å². The third-order valence-electron chi connectivity index (χ3n) is 5.77. The van der Waals surface area contributed by atoms with Crippen molar-refractivity contribution < 1.29 is 9.72 Å². The first-order chi connectivity index (χ1) is 15.8. The molecule has 7 nitrogen and oxygen atoms in total. The Hall–Kier alpha value is -3.57.